The van der Waals surface area contributed by atoms with Crippen molar-refractivity contribution in [3.63, 3.8) is 0 Å². The fourth-order valence-electron chi connectivity index (χ4n) is 3.56. The van der Waals surface area contributed by atoms with Gasteiger partial charge in [0, 0.05) is 36.2 Å². The first-order valence-corrected chi connectivity index (χ1v) is 9.37. The van der Waals surface area contributed by atoms with Crippen molar-refractivity contribution in [3.8, 4) is 11.3 Å². The summed E-state index contributed by atoms with van der Waals surface area (Å²) in [6.07, 6.45) is 8.90. The number of pyridine rings is 1. The Labute approximate surface area is 163 Å². The molecule has 0 saturated heterocycles. The van der Waals surface area contributed by atoms with Gasteiger partial charge < -0.3 is 4.57 Å². The summed E-state index contributed by atoms with van der Waals surface area (Å²) >= 11 is 0. The van der Waals surface area contributed by atoms with E-state index in [4.69, 9.17) is 0 Å². The number of benzene rings is 1. The van der Waals surface area contributed by atoms with Crippen LogP contribution in [0.1, 0.15) is 47.4 Å². The maximum atomic E-state index is 12.5. The molecule has 0 aliphatic carbocycles. The lowest BCUT2D eigenvalue weighted by Crippen LogP contribution is -2.32. The molecule has 0 fully saturated rings. The summed E-state index contributed by atoms with van der Waals surface area (Å²) in [6, 6.07) is 10.9. The highest BCUT2D eigenvalue weighted by atomic mass is 16.2. The molecule has 0 saturated carbocycles. The monoisotopic (exact) mass is 374 g/mol. The van der Waals surface area contributed by atoms with Gasteiger partial charge in [-0.25, -0.2) is 4.98 Å². The lowest BCUT2D eigenvalue weighted by Gasteiger charge is -2.27. The van der Waals surface area contributed by atoms with Gasteiger partial charge >= 0.3 is 0 Å². The zero-order chi connectivity index (χ0) is 19.7. The Morgan fingerprint density at radius 2 is 1.71 bits per heavy atom. The molecule has 0 atom stereocenters. The van der Waals surface area contributed by atoms with Gasteiger partial charge in [-0.15, -0.1) is 0 Å². The second kappa shape index (κ2) is 7.03. The normalized spacial score (nSPS) is 13.9. The van der Waals surface area contributed by atoms with E-state index in [1.165, 1.54) is 4.90 Å². The Morgan fingerprint density at radius 1 is 1.00 bits per heavy atom. The van der Waals surface area contributed by atoms with Crippen LogP contribution in [0.3, 0.4) is 0 Å². The summed E-state index contributed by atoms with van der Waals surface area (Å²) in [5, 5.41) is 0. The molecule has 2 aromatic heterocycles. The van der Waals surface area contributed by atoms with Crippen LogP contribution in [0, 0.1) is 0 Å². The molecule has 4 rings (SSSR count). The quantitative estimate of drug-likeness (QED) is 0.616. The molecule has 1 aromatic carbocycles. The van der Waals surface area contributed by atoms with Gasteiger partial charge in [-0.1, -0.05) is 12.1 Å². The van der Waals surface area contributed by atoms with Crippen molar-refractivity contribution in [2.75, 3.05) is 6.54 Å². The highest BCUT2D eigenvalue weighted by Crippen LogP contribution is 2.27. The molecular formula is C22H22N4O2. The third kappa shape index (κ3) is 3.22. The third-order valence-corrected chi connectivity index (χ3v) is 5.29. The molecule has 3 aromatic rings. The number of rotatable bonds is 6. The van der Waals surface area contributed by atoms with Crippen molar-refractivity contribution in [1.29, 1.82) is 0 Å². The first kappa shape index (κ1) is 18.1. The zero-order valence-electron chi connectivity index (χ0n) is 16.0. The molecule has 28 heavy (non-hydrogen) atoms. The molecule has 1 aliphatic heterocycles. The Balaban J connectivity index is 1.41. The topological polar surface area (TPSA) is 68.1 Å². The fourth-order valence-corrected chi connectivity index (χ4v) is 3.56. The number of carbonyl (C=O) groups excluding carboxylic acids is 2. The number of imide groups is 1. The number of hydrogen-bond donors (Lipinski definition) is 0. The van der Waals surface area contributed by atoms with Crippen LogP contribution < -0.4 is 0 Å². The van der Waals surface area contributed by atoms with Crippen LogP contribution in [0.25, 0.3) is 11.3 Å². The molecule has 142 valence electrons. The van der Waals surface area contributed by atoms with Crippen LogP contribution >= 0.6 is 0 Å². The molecule has 6 nitrogen and oxygen atoms in total. The Kier molecular flexibility index (Phi) is 4.55. The van der Waals surface area contributed by atoms with Crippen molar-refractivity contribution in [2.24, 2.45) is 0 Å². The van der Waals surface area contributed by atoms with E-state index < -0.39 is 0 Å². The zero-order valence-corrected chi connectivity index (χ0v) is 16.0. The van der Waals surface area contributed by atoms with Crippen LogP contribution in [-0.2, 0) is 5.54 Å². The number of nitrogens with zero attached hydrogens (tertiary/aromatic N) is 4. The molecule has 0 bridgehead atoms. The fraction of sp³-hybridized carbons (Fsp3) is 0.273. The minimum absolute atomic E-state index is 0.188. The van der Waals surface area contributed by atoms with E-state index in [0.29, 0.717) is 17.7 Å². The molecule has 0 radical (unpaired) electrons. The van der Waals surface area contributed by atoms with Crippen LogP contribution in [0.15, 0.2) is 61.3 Å². The minimum atomic E-state index is -0.195. The lowest BCUT2D eigenvalue weighted by atomic mass is 9.98. The third-order valence-electron chi connectivity index (χ3n) is 5.29. The van der Waals surface area contributed by atoms with E-state index in [9.17, 15) is 9.59 Å². The summed E-state index contributed by atoms with van der Waals surface area (Å²) in [7, 11) is 0. The van der Waals surface area contributed by atoms with Crippen LogP contribution in [0.5, 0.6) is 0 Å². The van der Waals surface area contributed by atoms with Crippen LogP contribution in [0.4, 0.5) is 0 Å². The van der Waals surface area contributed by atoms with Crippen LogP contribution in [0.2, 0.25) is 0 Å². The van der Waals surface area contributed by atoms with Crippen molar-refractivity contribution in [3.05, 3.63) is 72.4 Å². The number of aromatic nitrogens is 3. The summed E-state index contributed by atoms with van der Waals surface area (Å²) < 4.78 is 2.08. The van der Waals surface area contributed by atoms with Gasteiger partial charge in [0.05, 0.1) is 23.1 Å². The van der Waals surface area contributed by atoms with Gasteiger partial charge in [0.15, 0.2) is 0 Å². The van der Waals surface area contributed by atoms with E-state index >= 15 is 0 Å². The molecular weight excluding hydrogens is 352 g/mol. The second-order valence-electron chi connectivity index (χ2n) is 7.63. The van der Waals surface area contributed by atoms with E-state index in [-0.39, 0.29) is 17.4 Å². The van der Waals surface area contributed by atoms with E-state index in [2.05, 4.69) is 28.4 Å². The lowest BCUT2D eigenvalue weighted by molar-refractivity contribution is 0.0646. The van der Waals surface area contributed by atoms with E-state index in [0.717, 1.165) is 24.1 Å². The van der Waals surface area contributed by atoms with Gasteiger partial charge in [0.25, 0.3) is 11.8 Å². The van der Waals surface area contributed by atoms with Gasteiger partial charge in [-0.05, 0) is 51.0 Å². The SMILES string of the molecule is CC(C)(CCCN1C(=O)c2ccccc2C1=O)n1cnc(-c2cccnc2)c1. The molecule has 2 amide bonds. The standard InChI is InChI=1S/C22H22N4O2/c1-22(2,25-14-19(24-15-25)16-7-5-11-23-13-16)10-6-12-26-20(27)17-8-3-4-9-18(17)21(26)28/h3-5,7-9,11,13-15H,6,10,12H2,1-2H3. The van der Waals surface area contributed by atoms with Gasteiger partial charge in [0.2, 0.25) is 0 Å². The number of carbonyl (C=O) groups is 2. The predicted molar refractivity (Wildman–Crippen MR) is 106 cm³/mol. The maximum absolute atomic E-state index is 12.5. The highest BCUT2D eigenvalue weighted by Gasteiger charge is 2.35. The molecule has 6 heteroatoms. The molecule has 3 heterocycles. The van der Waals surface area contributed by atoms with Crippen molar-refractivity contribution >= 4 is 11.8 Å². The second-order valence-corrected chi connectivity index (χ2v) is 7.63. The molecule has 1 aliphatic rings. The van der Waals surface area contributed by atoms with Crippen molar-refractivity contribution in [2.45, 2.75) is 32.2 Å². The minimum Gasteiger partial charge on any atom is -0.331 e. The first-order chi connectivity index (χ1) is 13.5. The number of imidazole rings is 1. The van der Waals surface area contributed by atoms with Crippen LogP contribution in [-0.4, -0.2) is 37.8 Å². The van der Waals surface area contributed by atoms with E-state index in [1.54, 1.807) is 36.7 Å². The number of fused-ring (bicyclic) bond motifs is 1. The summed E-state index contributed by atoms with van der Waals surface area (Å²) in [6.45, 7) is 4.67. The number of hydrogen-bond acceptors (Lipinski definition) is 4. The largest absolute Gasteiger partial charge is 0.331 e. The first-order valence-electron chi connectivity index (χ1n) is 9.37. The molecule has 0 unspecified atom stereocenters. The Bertz CT molecular complexity index is 989. The maximum Gasteiger partial charge on any atom is 0.261 e. The predicted octanol–water partition coefficient (Wildman–Crippen LogP) is 3.76. The van der Waals surface area contributed by atoms with Gasteiger partial charge in [0.1, 0.15) is 0 Å². The van der Waals surface area contributed by atoms with E-state index in [1.807, 2.05) is 24.7 Å². The summed E-state index contributed by atoms with van der Waals surface area (Å²) in [4.78, 5) is 34.9. The summed E-state index contributed by atoms with van der Waals surface area (Å²) in [5.41, 5.74) is 2.67. The molecule has 0 N–H and O–H groups in total. The highest BCUT2D eigenvalue weighted by molar-refractivity contribution is 6.21. The van der Waals surface area contributed by atoms with Gasteiger partial charge in [-0.3, -0.25) is 19.5 Å². The number of amides is 2. The Morgan fingerprint density at radius 3 is 2.36 bits per heavy atom. The average molecular weight is 374 g/mol. The van der Waals surface area contributed by atoms with Gasteiger partial charge in [-0.2, -0.15) is 0 Å². The Hall–Kier alpha value is -3.28. The molecule has 0 spiro atoms. The average Bonchev–Trinajstić information content (AvgIpc) is 3.30. The smallest absolute Gasteiger partial charge is 0.261 e. The summed E-state index contributed by atoms with van der Waals surface area (Å²) in [5.74, 6) is -0.389. The van der Waals surface area contributed by atoms with Crippen molar-refractivity contribution in [1.82, 2.24) is 19.4 Å². The van der Waals surface area contributed by atoms with Crippen molar-refractivity contribution < 1.29 is 9.59 Å².